The highest BCUT2D eigenvalue weighted by molar-refractivity contribution is 5.72. The van der Waals surface area contributed by atoms with Gasteiger partial charge in [0.15, 0.2) is 0 Å². The molecule has 1 rings (SSSR count). The summed E-state index contributed by atoms with van der Waals surface area (Å²) in [6, 6.07) is 0.921. The van der Waals surface area contributed by atoms with Gasteiger partial charge in [0.1, 0.15) is 11.5 Å². The van der Waals surface area contributed by atoms with Gasteiger partial charge in [-0.15, -0.1) is 0 Å². The fraction of sp³-hybridized carbons (Fsp3) is 0.333. The standard InChI is InChI=1S/C9H8F3NO2/c1-15-7(14)4-5-6(10)2-3-13-8(5)9(11)12/h2-3,9H,4H2,1H3. The van der Waals surface area contributed by atoms with E-state index >= 15 is 0 Å². The van der Waals surface area contributed by atoms with Crippen LogP contribution >= 0.6 is 0 Å². The van der Waals surface area contributed by atoms with E-state index in [0.717, 1.165) is 19.4 Å². The second-order valence-electron chi connectivity index (χ2n) is 2.71. The van der Waals surface area contributed by atoms with Gasteiger partial charge >= 0.3 is 5.97 Å². The molecule has 0 saturated heterocycles. The normalized spacial score (nSPS) is 10.5. The van der Waals surface area contributed by atoms with Gasteiger partial charge in [0.2, 0.25) is 0 Å². The third-order valence-corrected chi connectivity index (χ3v) is 1.79. The molecule has 1 aromatic rings. The van der Waals surface area contributed by atoms with Crippen molar-refractivity contribution in [1.82, 2.24) is 4.98 Å². The summed E-state index contributed by atoms with van der Waals surface area (Å²) in [5.41, 5.74) is -1.14. The minimum absolute atomic E-state index is 0.417. The second-order valence-corrected chi connectivity index (χ2v) is 2.71. The monoisotopic (exact) mass is 219 g/mol. The molecule has 6 heteroatoms. The quantitative estimate of drug-likeness (QED) is 0.728. The summed E-state index contributed by atoms with van der Waals surface area (Å²) < 4.78 is 42.2. The molecule has 0 amide bonds. The lowest BCUT2D eigenvalue weighted by Gasteiger charge is -2.07. The van der Waals surface area contributed by atoms with Crippen molar-refractivity contribution in [2.75, 3.05) is 7.11 Å². The van der Waals surface area contributed by atoms with Crippen molar-refractivity contribution in [2.45, 2.75) is 12.8 Å². The molecule has 0 N–H and O–H groups in total. The molecule has 1 aromatic heterocycles. The first-order chi connectivity index (χ1) is 7.06. The van der Waals surface area contributed by atoms with Crippen molar-refractivity contribution in [2.24, 2.45) is 0 Å². The van der Waals surface area contributed by atoms with Crippen LogP contribution in [0.5, 0.6) is 0 Å². The number of hydrogen-bond acceptors (Lipinski definition) is 3. The predicted molar refractivity (Wildman–Crippen MR) is 44.9 cm³/mol. The Kier molecular flexibility index (Phi) is 3.65. The molecule has 3 nitrogen and oxygen atoms in total. The number of aromatic nitrogens is 1. The van der Waals surface area contributed by atoms with E-state index in [-0.39, 0.29) is 0 Å². The van der Waals surface area contributed by atoms with Crippen molar-refractivity contribution in [3.8, 4) is 0 Å². The van der Waals surface area contributed by atoms with Gasteiger partial charge in [0.05, 0.1) is 13.5 Å². The van der Waals surface area contributed by atoms with Gasteiger partial charge in [-0.25, -0.2) is 13.2 Å². The fourth-order valence-corrected chi connectivity index (χ4v) is 1.06. The summed E-state index contributed by atoms with van der Waals surface area (Å²) in [5, 5.41) is 0. The molecule has 0 bridgehead atoms. The molecule has 0 radical (unpaired) electrons. The Morgan fingerprint density at radius 1 is 1.60 bits per heavy atom. The number of hydrogen-bond donors (Lipinski definition) is 0. The zero-order chi connectivity index (χ0) is 11.4. The Bertz CT molecular complexity index is 368. The molecular weight excluding hydrogens is 211 g/mol. The maximum atomic E-state index is 13.1. The average Bonchev–Trinajstić information content (AvgIpc) is 2.20. The van der Waals surface area contributed by atoms with Gasteiger partial charge in [0.25, 0.3) is 6.43 Å². The van der Waals surface area contributed by atoms with Crippen molar-refractivity contribution in [3.05, 3.63) is 29.3 Å². The Balaban J connectivity index is 3.07. The first kappa shape index (κ1) is 11.5. The van der Waals surface area contributed by atoms with E-state index in [4.69, 9.17) is 0 Å². The lowest BCUT2D eigenvalue weighted by Crippen LogP contribution is -2.10. The molecule has 82 valence electrons. The smallest absolute Gasteiger partial charge is 0.310 e. The van der Waals surface area contributed by atoms with Crippen LogP contribution in [0.2, 0.25) is 0 Å². The summed E-state index contributed by atoms with van der Waals surface area (Å²) in [4.78, 5) is 14.2. The average molecular weight is 219 g/mol. The molecule has 0 atom stereocenters. The fourth-order valence-electron chi connectivity index (χ4n) is 1.06. The molecular formula is C9H8F3NO2. The number of methoxy groups -OCH3 is 1. The molecule has 1 heterocycles. The summed E-state index contributed by atoms with van der Waals surface area (Å²) in [6.07, 6.45) is -2.53. The summed E-state index contributed by atoms with van der Waals surface area (Å²) in [6.45, 7) is 0. The van der Waals surface area contributed by atoms with Crippen molar-refractivity contribution in [1.29, 1.82) is 0 Å². The number of alkyl halides is 2. The number of carbonyl (C=O) groups excluding carboxylic acids is 1. The Morgan fingerprint density at radius 3 is 2.80 bits per heavy atom. The van der Waals surface area contributed by atoms with Crippen molar-refractivity contribution in [3.63, 3.8) is 0 Å². The van der Waals surface area contributed by atoms with Crippen LogP contribution in [0, 0.1) is 5.82 Å². The van der Waals surface area contributed by atoms with Crippen molar-refractivity contribution < 1.29 is 22.7 Å². The van der Waals surface area contributed by atoms with Crippen LogP contribution in [0.25, 0.3) is 0 Å². The minimum Gasteiger partial charge on any atom is -0.469 e. The Morgan fingerprint density at radius 2 is 2.27 bits per heavy atom. The largest absolute Gasteiger partial charge is 0.469 e. The molecule has 0 unspecified atom stereocenters. The Labute approximate surface area is 83.9 Å². The van der Waals surface area contributed by atoms with Gasteiger partial charge in [-0.2, -0.15) is 0 Å². The number of carbonyl (C=O) groups is 1. The van der Waals surface area contributed by atoms with Crippen molar-refractivity contribution >= 4 is 5.97 Å². The second kappa shape index (κ2) is 4.77. The van der Waals surface area contributed by atoms with Gasteiger partial charge in [-0.05, 0) is 6.07 Å². The van der Waals surface area contributed by atoms with E-state index < -0.39 is 35.9 Å². The number of ether oxygens (including phenoxy) is 1. The van der Waals surface area contributed by atoms with Crippen LogP contribution in [-0.4, -0.2) is 18.1 Å². The third-order valence-electron chi connectivity index (χ3n) is 1.79. The van der Waals surface area contributed by atoms with E-state index in [1.54, 1.807) is 0 Å². The predicted octanol–water partition coefficient (Wildman–Crippen LogP) is 1.87. The first-order valence-corrected chi connectivity index (χ1v) is 4.04. The minimum atomic E-state index is -2.92. The van der Waals surface area contributed by atoms with Crippen LogP contribution < -0.4 is 0 Å². The van der Waals surface area contributed by atoms with E-state index in [9.17, 15) is 18.0 Å². The molecule has 0 aromatic carbocycles. The highest BCUT2D eigenvalue weighted by atomic mass is 19.3. The molecule has 0 spiro atoms. The van der Waals surface area contributed by atoms with E-state index in [1.807, 2.05) is 0 Å². The van der Waals surface area contributed by atoms with Crippen LogP contribution in [0.3, 0.4) is 0 Å². The highest BCUT2D eigenvalue weighted by Crippen LogP contribution is 2.23. The lowest BCUT2D eigenvalue weighted by atomic mass is 10.1. The van der Waals surface area contributed by atoms with Crippen LogP contribution in [0.15, 0.2) is 12.3 Å². The number of esters is 1. The SMILES string of the molecule is COC(=O)Cc1c(F)ccnc1C(F)F. The number of pyridine rings is 1. The molecule has 0 fully saturated rings. The molecule has 0 aliphatic rings. The van der Waals surface area contributed by atoms with Gasteiger partial charge in [-0.1, -0.05) is 0 Å². The first-order valence-electron chi connectivity index (χ1n) is 4.04. The topological polar surface area (TPSA) is 39.2 Å². The third kappa shape index (κ3) is 2.68. The molecule has 0 aliphatic carbocycles. The summed E-state index contributed by atoms with van der Waals surface area (Å²) in [5.74, 6) is -1.67. The lowest BCUT2D eigenvalue weighted by molar-refractivity contribution is -0.139. The van der Waals surface area contributed by atoms with E-state index in [0.29, 0.717) is 0 Å². The number of nitrogens with zero attached hydrogens (tertiary/aromatic N) is 1. The Hall–Kier alpha value is -1.59. The summed E-state index contributed by atoms with van der Waals surface area (Å²) in [7, 11) is 1.10. The van der Waals surface area contributed by atoms with Gasteiger partial charge in [-0.3, -0.25) is 9.78 Å². The molecule has 15 heavy (non-hydrogen) atoms. The maximum Gasteiger partial charge on any atom is 0.310 e. The zero-order valence-corrected chi connectivity index (χ0v) is 7.84. The molecule has 0 saturated carbocycles. The van der Waals surface area contributed by atoms with Crippen LogP contribution in [0.4, 0.5) is 13.2 Å². The van der Waals surface area contributed by atoms with Gasteiger partial charge < -0.3 is 4.74 Å². The van der Waals surface area contributed by atoms with Gasteiger partial charge in [0, 0.05) is 11.8 Å². The maximum absolute atomic E-state index is 13.1. The number of rotatable bonds is 3. The van der Waals surface area contributed by atoms with Crippen LogP contribution in [0.1, 0.15) is 17.7 Å². The molecule has 0 aliphatic heterocycles. The van der Waals surface area contributed by atoms with E-state index in [2.05, 4.69) is 9.72 Å². The summed E-state index contributed by atoms with van der Waals surface area (Å²) >= 11 is 0. The zero-order valence-electron chi connectivity index (χ0n) is 7.84. The van der Waals surface area contributed by atoms with Crippen LogP contribution in [-0.2, 0) is 16.0 Å². The number of halogens is 3. The highest BCUT2D eigenvalue weighted by Gasteiger charge is 2.20. The van der Waals surface area contributed by atoms with E-state index in [1.165, 1.54) is 0 Å².